The van der Waals surface area contributed by atoms with Gasteiger partial charge >= 0.3 is 0 Å². The maximum absolute atomic E-state index is 2.52. The molecule has 0 bridgehead atoms. The summed E-state index contributed by atoms with van der Waals surface area (Å²) in [5.74, 6) is 0. The van der Waals surface area contributed by atoms with Gasteiger partial charge in [0.2, 0.25) is 0 Å². The first-order chi connectivity index (χ1) is 28.1. The molecule has 1 atom stereocenters. The molecule has 270 valence electrons. The largest absolute Gasteiger partial charge is 0.310 e. The fraction of sp³-hybridized carbons (Fsp3) is 0.0545. The van der Waals surface area contributed by atoms with Gasteiger partial charge < -0.3 is 9.13 Å². The minimum absolute atomic E-state index is 0.235. The van der Waals surface area contributed by atoms with Crippen molar-refractivity contribution < 1.29 is 0 Å². The summed E-state index contributed by atoms with van der Waals surface area (Å²) in [5.41, 5.74) is 17.1. The fourth-order valence-corrected chi connectivity index (χ4v) is 9.33. The lowest BCUT2D eigenvalue weighted by molar-refractivity contribution is 0.589. The second-order valence-corrected chi connectivity index (χ2v) is 15.6. The van der Waals surface area contributed by atoms with Crippen LogP contribution in [-0.2, 0) is 11.8 Å². The molecular formula is C55H40N2. The van der Waals surface area contributed by atoms with Crippen molar-refractivity contribution >= 4 is 38.8 Å². The van der Waals surface area contributed by atoms with Crippen LogP contribution in [0.15, 0.2) is 206 Å². The summed E-state index contributed by atoms with van der Waals surface area (Å²) < 4.78 is 4.92. The smallest absolute Gasteiger partial charge is 0.0543 e. The summed E-state index contributed by atoms with van der Waals surface area (Å²) in [7, 11) is 0. The molecule has 2 heterocycles. The van der Waals surface area contributed by atoms with Crippen molar-refractivity contribution in [2.24, 2.45) is 0 Å². The number of nitrogens with zero attached hydrogens (tertiary/aromatic N) is 2. The lowest BCUT2D eigenvalue weighted by atomic mass is 9.73. The van der Waals surface area contributed by atoms with E-state index in [0.29, 0.717) is 0 Å². The van der Waals surface area contributed by atoms with Crippen molar-refractivity contribution in [3.05, 3.63) is 223 Å². The van der Waals surface area contributed by atoms with E-state index in [9.17, 15) is 0 Å². The maximum Gasteiger partial charge on any atom is 0.0543 e. The van der Waals surface area contributed by atoms with Gasteiger partial charge in [-0.25, -0.2) is 0 Å². The predicted molar refractivity (Wildman–Crippen MR) is 240 cm³/mol. The third kappa shape index (κ3) is 5.48. The lowest BCUT2D eigenvalue weighted by Crippen LogP contribution is -2.25. The zero-order valence-corrected chi connectivity index (χ0v) is 31.8. The molecule has 57 heavy (non-hydrogen) atoms. The zero-order chi connectivity index (χ0) is 37.9. The summed E-state index contributed by atoms with van der Waals surface area (Å²) in [5, 5.41) is 3.88. The van der Waals surface area contributed by atoms with E-state index in [1.54, 1.807) is 0 Å². The molecule has 0 aliphatic heterocycles. The van der Waals surface area contributed by atoms with Crippen LogP contribution < -0.4 is 0 Å². The van der Waals surface area contributed by atoms with Crippen molar-refractivity contribution in [2.45, 2.75) is 18.8 Å². The Morgan fingerprint density at radius 1 is 0.421 bits per heavy atom. The molecule has 11 rings (SSSR count). The molecule has 0 saturated carbocycles. The number of para-hydroxylation sites is 2. The number of benzene rings is 8. The lowest BCUT2D eigenvalue weighted by Gasteiger charge is -2.31. The molecule has 1 aliphatic carbocycles. The average molecular weight is 729 g/mol. The molecule has 0 radical (unpaired) electrons. The van der Waals surface area contributed by atoms with Crippen molar-refractivity contribution in [1.29, 1.82) is 0 Å². The van der Waals surface area contributed by atoms with Gasteiger partial charge in [-0.2, -0.15) is 0 Å². The summed E-state index contributed by atoms with van der Waals surface area (Å²) in [4.78, 5) is 0. The topological polar surface area (TPSA) is 9.86 Å². The highest BCUT2D eigenvalue weighted by Gasteiger charge is 2.33. The summed E-state index contributed by atoms with van der Waals surface area (Å²) in [6.07, 6.45) is 5.74. The van der Waals surface area contributed by atoms with E-state index in [2.05, 4.69) is 228 Å². The van der Waals surface area contributed by atoms with Crippen LogP contribution in [0.4, 0.5) is 0 Å². The van der Waals surface area contributed by atoms with Gasteiger partial charge in [0, 0.05) is 38.6 Å². The van der Waals surface area contributed by atoms with E-state index in [4.69, 9.17) is 0 Å². The monoisotopic (exact) mass is 728 g/mol. The van der Waals surface area contributed by atoms with Gasteiger partial charge in [-0.05, 0) is 112 Å². The molecule has 0 spiro atoms. The van der Waals surface area contributed by atoms with E-state index >= 15 is 0 Å². The summed E-state index contributed by atoms with van der Waals surface area (Å²) in [6.45, 7) is 2.42. The molecule has 0 fully saturated rings. The van der Waals surface area contributed by atoms with Crippen LogP contribution in [0.1, 0.15) is 23.7 Å². The van der Waals surface area contributed by atoms with Crippen LogP contribution in [0.3, 0.4) is 0 Å². The van der Waals surface area contributed by atoms with Gasteiger partial charge in [-0.3, -0.25) is 0 Å². The van der Waals surface area contributed by atoms with Crippen LogP contribution in [0, 0.1) is 0 Å². The average Bonchev–Trinajstić information content (AvgIpc) is 3.79. The van der Waals surface area contributed by atoms with Gasteiger partial charge in [0.1, 0.15) is 0 Å². The van der Waals surface area contributed by atoms with Gasteiger partial charge in [0.25, 0.3) is 0 Å². The third-order valence-corrected chi connectivity index (χ3v) is 12.1. The Morgan fingerprint density at radius 3 is 1.68 bits per heavy atom. The Morgan fingerprint density at radius 2 is 1.00 bits per heavy atom. The summed E-state index contributed by atoms with van der Waals surface area (Å²) >= 11 is 0. The Balaban J connectivity index is 1.13. The van der Waals surface area contributed by atoms with Gasteiger partial charge in [0.05, 0.1) is 16.6 Å². The molecule has 2 nitrogen and oxygen atoms in total. The first-order valence-electron chi connectivity index (χ1n) is 19.9. The van der Waals surface area contributed by atoms with Crippen molar-refractivity contribution in [1.82, 2.24) is 9.13 Å². The molecule has 1 unspecified atom stereocenters. The highest BCUT2D eigenvalue weighted by atomic mass is 15.0. The van der Waals surface area contributed by atoms with E-state index in [1.165, 1.54) is 88.6 Å². The van der Waals surface area contributed by atoms with Gasteiger partial charge in [0.15, 0.2) is 0 Å². The number of allylic oxidation sites excluding steroid dienone is 1. The van der Waals surface area contributed by atoms with E-state index in [0.717, 1.165) is 12.1 Å². The first-order valence-corrected chi connectivity index (χ1v) is 19.9. The van der Waals surface area contributed by atoms with Crippen molar-refractivity contribution in [2.75, 3.05) is 0 Å². The first kappa shape index (κ1) is 33.2. The quantitative estimate of drug-likeness (QED) is 0.161. The third-order valence-electron chi connectivity index (χ3n) is 12.1. The van der Waals surface area contributed by atoms with Crippen LogP contribution in [0.2, 0.25) is 0 Å². The number of fused-ring (bicyclic) bond motifs is 6. The Bertz CT molecular complexity index is 3070. The van der Waals surface area contributed by atoms with Crippen LogP contribution in [0.5, 0.6) is 0 Å². The number of hydrogen-bond donors (Lipinski definition) is 0. The number of aromatic nitrogens is 2. The van der Waals surface area contributed by atoms with Gasteiger partial charge in [-0.1, -0.05) is 159 Å². The minimum atomic E-state index is -0.235. The molecule has 1 aliphatic rings. The van der Waals surface area contributed by atoms with Gasteiger partial charge in [-0.15, -0.1) is 0 Å². The minimum Gasteiger partial charge on any atom is -0.310 e. The van der Waals surface area contributed by atoms with Crippen molar-refractivity contribution in [3.63, 3.8) is 0 Å². The summed E-state index contributed by atoms with van der Waals surface area (Å²) in [6, 6.07) is 73.1. The van der Waals surface area contributed by atoms with Crippen LogP contribution in [-0.4, -0.2) is 9.13 Å². The predicted octanol–water partition coefficient (Wildman–Crippen LogP) is 14.3. The second-order valence-electron chi connectivity index (χ2n) is 15.6. The highest BCUT2D eigenvalue weighted by Crippen LogP contribution is 2.46. The second kappa shape index (κ2) is 13.3. The maximum atomic E-state index is 2.52. The highest BCUT2D eigenvalue weighted by molar-refractivity contribution is 6.09. The fourth-order valence-electron chi connectivity index (χ4n) is 9.33. The molecule has 10 aromatic rings. The SMILES string of the molecule is CC1(c2ccc3c(c2)c2ccccc2n3-c2ccccc2)C=Cc2c(c3c(-c4ccccc4)cccc3n2-c2cc(-c3ccccc3)cc(-c3ccccc3)c2)C1. The number of hydrogen-bond acceptors (Lipinski definition) is 0. The van der Waals surface area contributed by atoms with E-state index < -0.39 is 0 Å². The van der Waals surface area contributed by atoms with Crippen molar-refractivity contribution in [3.8, 4) is 44.8 Å². The molecule has 0 N–H and O–H groups in total. The van der Waals surface area contributed by atoms with Crippen LogP contribution >= 0.6 is 0 Å². The van der Waals surface area contributed by atoms with E-state index in [-0.39, 0.29) is 5.41 Å². The molecule has 0 amide bonds. The Hall–Kier alpha value is -7.16. The normalized spacial score (nSPS) is 15.0. The molecule has 8 aromatic carbocycles. The molecule has 2 heteroatoms. The Kier molecular flexibility index (Phi) is 7.72. The molecule has 2 aromatic heterocycles. The Labute approximate surface area is 333 Å². The molecule has 0 saturated heterocycles. The number of rotatable bonds is 6. The zero-order valence-electron chi connectivity index (χ0n) is 31.8. The molecular weight excluding hydrogens is 689 g/mol. The van der Waals surface area contributed by atoms with E-state index in [1.807, 2.05) is 0 Å². The van der Waals surface area contributed by atoms with Crippen LogP contribution in [0.25, 0.3) is 83.5 Å². The standard InChI is InChI=1S/C55H40N2/c1-55(43-29-30-51-48(36-43)47-25-14-15-27-50(47)56(51)44-23-12-5-13-24-44)32-31-52-49(37-55)54-46(40-21-10-4-11-22-40)26-16-28-53(54)57(52)45-34-41(38-17-6-2-7-18-38)33-42(35-45)39-19-8-3-9-20-39/h2-36H,37H2,1H3.